The van der Waals surface area contributed by atoms with Crippen LogP contribution in [0, 0.1) is 6.92 Å². The second-order valence-corrected chi connectivity index (χ2v) is 6.60. The quantitative estimate of drug-likeness (QED) is 0.926. The summed E-state index contributed by atoms with van der Waals surface area (Å²) in [6, 6.07) is 6.85. The van der Waals surface area contributed by atoms with Crippen LogP contribution in [-0.2, 0) is 23.4 Å². The molecule has 5 nitrogen and oxygen atoms in total. The molecule has 19 heavy (non-hydrogen) atoms. The van der Waals surface area contributed by atoms with Crippen molar-refractivity contribution in [1.29, 1.82) is 0 Å². The highest BCUT2D eigenvalue weighted by Gasteiger charge is 2.06. The molecule has 0 atom stereocenters. The molecule has 0 saturated heterocycles. The number of nitrogens with zero attached hydrogens (tertiary/aromatic N) is 2. The number of benzene rings is 1. The fourth-order valence-electron chi connectivity index (χ4n) is 1.82. The summed E-state index contributed by atoms with van der Waals surface area (Å²) in [7, 11) is -1.20. The van der Waals surface area contributed by atoms with E-state index in [9.17, 15) is 8.42 Å². The number of sulfone groups is 1. The first-order valence-electron chi connectivity index (χ1n) is 5.89. The van der Waals surface area contributed by atoms with E-state index in [4.69, 9.17) is 0 Å². The molecule has 1 aromatic heterocycles. The van der Waals surface area contributed by atoms with Crippen LogP contribution in [0.4, 0.5) is 5.95 Å². The predicted octanol–water partition coefficient (Wildman–Crippen LogP) is 1.74. The summed E-state index contributed by atoms with van der Waals surface area (Å²) in [5.41, 5.74) is 1.96. The van der Waals surface area contributed by atoms with Crippen molar-refractivity contribution in [1.82, 2.24) is 9.55 Å². The smallest absolute Gasteiger partial charge is 0.203 e. The number of aryl methyl sites for hydroxylation is 2. The van der Waals surface area contributed by atoms with E-state index < -0.39 is 9.84 Å². The van der Waals surface area contributed by atoms with Crippen molar-refractivity contribution in [3.05, 3.63) is 41.7 Å². The Labute approximate surface area is 113 Å². The van der Waals surface area contributed by atoms with Gasteiger partial charge >= 0.3 is 0 Å². The third kappa shape index (κ3) is 3.35. The molecule has 0 spiro atoms. The molecule has 1 aromatic carbocycles. The Morgan fingerprint density at radius 1 is 1.26 bits per heavy atom. The fraction of sp³-hybridized carbons (Fsp3) is 0.308. The zero-order valence-corrected chi connectivity index (χ0v) is 12.0. The van der Waals surface area contributed by atoms with Gasteiger partial charge in [0.1, 0.15) is 0 Å². The van der Waals surface area contributed by atoms with Crippen molar-refractivity contribution >= 4 is 15.8 Å². The van der Waals surface area contributed by atoms with Crippen LogP contribution < -0.4 is 5.32 Å². The zero-order valence-electron chi connectivity index (χ0n) is 11.2. The zero-order chi connectivity index (χ0) is 14.0. The molecular formula is C13H17N3O2S. The topological polar surface area (TPSA) is 64.0 Å². The van der Waals surface area contributed by atoms with E-state index in [1.807, 2.05) is 24.7 Å². The molecule has 0 amide bonds. The highest BCUT2D eigenvalue weighted by molar-refractivity contribution is 7.90. The van der Waals surface area contributed by atoms with Gasteiger partial charge < -0.3 is 9.88 Å². The molecule has 0 aliphatic carbocycles. The van der Waals surface area contributed by atoms with Crippen LogP contribution in [0.25, 0.3) is 0 Å². The van der Waals surface area contributed by atoms with Gasteiger partial charge in [0.25, 0.3) is 0 Å². The van der Waals surface area contributed by atoms with Crippen molar-refractivity contribution in [3.8, 4) is 0 Å². The second-order valence-electron chi connectivity index (χ2n) is 4.59. The van der Waals surface area contributed by atoms with E-state index in [1.165, 1.54) is 6.26 Å². The third-order valence-corrected chi connectivity index (χ3v) is 3.93. The van der Waals surface area contributed by atoms with Gasteiger partial charge in [-0.3, -0.25) is 0 Å². The number of anilines is 1. The maximum absolute atomic E-state index is 11.3. The number of rotatable bonds is 4. The molecule has 102 valence electrons. The number of hydrogen-bond donors (Lipinski definition) is 1. The highest BCUT2D eigenvalue weighted by Crippen LogP contribution is 2.12. The van der Waals surface area contributed by atoms with Gasteiger partial charge in [0.15, 0.2) is 9.84 Å². The summed E-state index contributed by atoms with van der Waals surface area (Å²) in [6.45, 7) is 2.54. The Kier molecular flexibility index (Phi) is 3.61. The standard InChI is InChI=1S/C13H17N3O2S/c1-10-9-16(2)13(15-10)14-8-11-4-6-12(7-5-11)19(3,17)18/h4-7,9H,8H2,1-3H3,(H,14,15). The van der Waals surface area contributed by atoms with Crippen LogP contribution in [0.1, 0.15) is 11.3 Å². The lowest BCUT2D eigenvalue weighted by molar-refractivity contribution is 0.602. The first kappa shape index (κ1) is 13.6. The van der Waals surface area contributed by atoms with Crippen molar-refractivity contribution < 1.29 is 8.42 Å². The fourth-order valence-corrected chi connectivity index (χ4v) is 2.45. The van der Waals surface area contributed by atoms with Crippen LogP contribution in [0.2, 0.25) is 0 Å². The van der Waals surface area contributed by atoms with Gasteiger partial charge in [-0.25, -0.2) is 13.4 Å². The van der Waals surface area contributed by atoms with Crippen molar-refractivity contribution in [3.63, 3.8) is 0 Å². The molecule has 2 aromatic rings. The number of nitrogens with one attached hydrogen (secondary N) is 1. The van der Waals surface area contributed by atoms with Gasteiger partial charge in [0, 0.05) is 26.0 Å². The average Bonchev–Trinajstić information content (AvgIpc) is 2.65. The highest BCUT2D eigenvalue weighted by atomic mass is 32.2. The summed E-state index contributed by atoms with van der Waals surface area (Å²) in [5, 5.41) is 3.21. The normalized spacial score (nSPS) is 11.5. The van der Waals surface area contributed by atoms with Crippen LogP contribution >= 0.6 is 0 Å². The Bertz CT molecular complexity index is 672. The third-order valence-electron chi connectivity index (χ3n) is 2.80. The van der Waals surface area contributed by atoms with Gasteiger partial charge in [-0.15, -0.1) is 0 Å². The summed E-state index contributed by atoms with van der Waals surface area (Å²) in [5.74, 6) is 0.796. The van der Waals surface area contributed by atoms with Crippen LogP contribution in [0.15, 0.2) is 35.4 Å². The summed E-state index contributed by atoms with van der Waals surface area (Å²) in [4.78, 5) is 4.68. The van der Waals surface area contributed by atoms with Crippen LogP contribution in [0.3, 0.4) is 0 Å². The van der Waals surface area contributed by atoms with Gasteiger partial charge in [-0.1, -0.05) is 12.1 Å². The molecule has 1 N–H and O–H groups in total. The number of aromatic nitrogens is 2. The minimum Gasteiger partial charge on any atom is -0.352 e. The minimum absolute atomic E-state index is 0.337. The maximum atomic E-state index is 11.3. The van der Waals surface area contributed by atoms with Crippen LogP contribution in [0.5, 0.6) is 0 Å². The van der Waals surface area contributed by atoms with Crippen molar-refractivity contribution in [2.24, 2.45) is 7.05 Å². The maximum Gasteiger partial charge on any atom is 0.203 e. The molecule has 0 radical (unpaired) electrons. The first-order chi connectivity index (χ1) is 8.86. The number of imidazole rings is 1. The van der Waals surface area contributed by atoms with Crippen molar-refractivity contribution in [2.75, 3.05) is 11.6 Å². The predicted molar refractivity (Wildman–Crippen MR) is 74.8 cm³/mol. The Balaban J connectivity index is 2.07. The molecule has 0 aliphatic rings. The number of hydrogen-bond acceptors (Lipinski definition) is 4. The van der Waals surface area contributed by atoms with E-state index in [1.54, 1.807) is 24.3 Å². The van der Waals surface area contributed by atoms with E-state index in [0.717, 1.165) is 17.2 Å². The lowest BCUT2D eigenvalue weighted by Gasteiger charge is -2.06. The van der Waals surface area contributed by atoms with E-state index in [2.05, 4.69) is 10.3 Å². The minimum atomic E-state index is -3.13. The molecule has 0 fully saturated rings. The molecule has 1 heterocycles. The van der Waals surface area contributed by atoms with Gasteiger partial charge in [0.05, 0.1) is 10.6 Å². The molecule has 6 heteroatoms. The Morgan fingerprint density at radius 3 is 2.37 bits per heavy atom. The monoisotopic (exact) mass is 279 g/mol. The van der Waals surface area contributed by atoms with Crippen LogP contribution in [-0.4, -0.2) is 24.2 Å². The molecule has 0 unspecified atom stereocenters. The molecule has 0 aliphatic heterocycles. The molecule has 0 bridgehead atoms. The summed E-state index contributed by atoms with van der Waals surface area (Å²) >= 11 is 0. The molecule has 2 rings (SSSR count). The van der Waals surface area contributed by atoms with Crippen molar-refractivity contribution in [2.45, 2.75) is 18.4 Å². The second kappa shape index (κ2) is 5.05. The van der Waals surface area contributed by atoms with E-state index in [0.29, 0.717) is 11.4 Å². The van der Waals surface area contributed by atoms with Gasteiger partial charge in [-0.2, -0.15) is 0 Å². The van der Waals surface area contributed by atoms with E-state index in [-0.39, 0.29) is 0 Å². The lowest BCUT2D eigenvalue weighted by Crippen LogP contribution is -2.05. The molecule has 0 saturated carbocycles. The first-order valence-corrected chi connectivity index (χ1v) is 7.78. The molecular weight excluding hydrogens is 262 g/mol. The average molecular weight is 279 g/mol. The van der Waals surface area contributed by atoms with Gasteiger partial charge in [0.2, 0.25) is 5.95 Å². The lowest BCUT2D eigenvalue weighted by atomic mass is 10.2. The Hall–Kier alpha value is -1.82. The largest absolute Gasteiger partial charge is 0.352 e. The van der Waals surface area contributed by atoms with Gasteiger partial charge in [-0.05, 0) is 24.6 Å². The summed E-state index contributed by atoms with van der Waals surface area (Å²) in [6.07, 6.45) is 3.14. The summed E-state index contributed by atoms with van der Waals surface area (Å²) < 4.78 is 24.6. The Morgan fingerprint density at radius 2 is 1.89 bits per heavy atom. The SMILES string of the molecule is Cc1cn(C)c(NCc2ccc(S(C)(=O)=O)cc2)n1. The van der Waals surface area contributed by atoms with E-state index >= 15 is 0 Å².